The first-order valence-corrected chi connectivity index (χ1v) is 12.2. The van der Waals surface area contributed by atoms with Crippen molar-refractivity contribution in [2.75, 3.05) is 18.8 Å². The van der Waals surface area contributed by atoms with E-state index in [4.69, 9.17) is 34.7 Å². The van der Waals surface area contributed by atoms with Crippen LogP contribution < -0.4 is 16.8 Å². The molecule has 3 heterocycles. The average molecular weight is 474 g/mol. The van der Waals surface area contributed by atoms with E-state index < -0.39 is 10.9 Å². The minimum Gasteiger partial charge on any atom is -0.383 e. The van der Waals surface area contributed by atoms with Crippen LogP contribution in [0.4, 0.5) is 5.82 Å². The molecule has 2 aromatic rings. The maximum Gasteiger partial charge on any atom is 0.179 e. The second-order valence-electron chi connectivity index (χ2n) is 8.06. The average Bonchev–Trinajstić information content (AvgIpc) is 3.28. The fraction of sp³-hybridized carbons (Fsp3) is 0.333. The lowest BCUT2D eigenvalue weighted by Gasteiger charge is -2.38. The van der Waals surface area contributed by atoms with Gasteiger partial charge in [-0.05, 0) is 43.8 Å². The van der Waals surface area contributed by atoms with Crippen LogP contribution in [-0.2, 0) is 0 Å². The van der Waals surface area contributed by atoms with Crippen molar-refractivity contribution in [2.45, 2.75) is 30.5 Å². The van der Waals surface area contributed by atoms with Crippen LogP contribution in [0.25, 0.3) is 11.1 Å². The van der Waals surface area contributed by atoms with Gasteiger partial charge >= 0.3 is 0 Å². The topological polar surface area (TPSA) is 126 Å². The lowest BCUT2D eigenvalue weighted by atomic mass is 9.74. The van der Waals surface area contributed by atoms with Crippen LogP contribution in [0, 0.1) is 16.7 Å². The summed E-state index contributed by atoms with van der Waals surface area (Å²) < 4.78 is 0. The SMILES string of the molecule is N#Cc1nc([SH]2C=NC3=C2CC2(CCNCC2)[C@@H]3N)nc(N)c1-c1cccc(Cl)c1Cl. The molecule has 5 N–H and O–H groups in total. The molecule has 0 saturated carbocycles. The summed E-state index contributed by atoms with van der Waals surface area (Å²) in [5.41, 5.74) is 17.0. The van der Waals surface area contributed by atoms with Gasteiger partial charge in [-0.25, -0.2) is 9.97 Å². The summed E-state index contributed by atoms with van der Waals surface area (Å²) in [6, 6.07) is 7.26. The first-order valence-electron chi connectivity index (χ1n) is 10.00. The number of thiol groups is 1. The largest absolute Gasteiger partial charge is 0.383 e. The third-order valence-corrected chi connectivity index (χ3v) is 9.20. The number of nitriles is 1. The zero-order valence-corrected chi connectivity index (χ0v) is 19.0. The number of nitrogens with two attached hydrogens (primary N) is 2. The van der Waals surface area contributed by atoms with E-state index in [-0.39, 0.29) is 23.0 Å². The summed E-state index contributed by atoms with van der Waals surface area (Å²) in [5, 5.41) is 14.5. The third-order valence-electron chi connectivity index (χ3n) is 6.44. The molecule has 7 nitrogen and oxygen atoms in total. The highest BCUT2D eigenvalue weighted by Crippen LogP contribution is 2.59. The van der Waals surface area contributed by atoms with Gasteiger partial charge in [-0.3, -0.25) is 4.99 Å². The van der Waals surface area contributed by atoms with E-state index in [2.05, 4.69) is 26.3 Å². The van der Waals surface area contributed by atoms with Crippen molar-refractivity contribution in [3.05, 3.63) is 44.5 Å². The molecule has 3 aliphatic rings. The number of aromatic nitrogens is 2. The van der Waals surface area contributed by atoms with Crippen molar-refractivity contribution in [3.63, 3.8) is 0 Å². The van der Waals surface area contributed by atoms with Gasteiger partial charge in [0.1, 0.15) is 11.9 Å². The van der Waals surface area contributed by atoms with Gasteiger partial charge in [-0.1, -0.05) is 35.3 Å². The molecular weight excluding hydrogens is 453 g/mol. The van der Waals surface area contributed by atoms with Gasteiger partial charge in [0, 0.05) is 10.5 Å². The van der Waals surface area contributed by atoms with E-state index in [1.165, 1.54) is 4.91 Å². The maximum atomic E-state index is 9.82. The predicted molar refractivity (Wildman–Crippen MR) is 127 cm³/mol. The number of nitrogen functional groups attached to an aromatic ring is 1. The van der Waals surface area contributed by atoms with Crippen molar-refractivity contribution in [1.29, 1.82) is 5.26 Å². The minimum absolute atomic E-state index is 0.0477. The molecule has 1 aliphatic carbocycles. The van der Waals surface area contributed by atoms with Gasteiger partial charge in [-0.2, -0.15) is 5.26 Å². The van der Waals surface area contributed by atoms with Crippen LogP contribution in [0.2, 0.25) is 10.0 Å². The van der Waals surface area contributed by atoms with Crippen LogP contribution >= 0.6 is 34.1 Å². The van der Waals surface area contributed by atoms with Gasteiger partial charge in [0.05, 0.1) is 32.9 Å². The first-order chi connectivity index (χ1) is 14.9. The highest BCUT2D eigenvalue weighted by atomic mass is 35.5. The van der Waals surface area contributed by atoms with Gasteiger partial charge in [0.2, 0.25) is 0 Å². The fourth-order valence-electron chi connectivity index (χ4n) is 4.76. The Hall–Kier alpha value is -2.15. The normalized spacial score (nSPS) is 25.1. The molecule has 31 heavy (non-hydrogen) atoms. The van der Waals surface area contributed by atoms with E-state index in [0.717, 1.165) is 38.0 Å². The van der Waals surface area contributed by atoms with Gasteiger partial charge in [0.25, 0.3) is 0 Å². The fourth-order valence-corrected chi connectivity index (χ4v) is 7.23. The number of nitrogens with zero attached hydrogens (tertiary/aromatic N) is 4. The molecule has 1 aromatic heterocycles. The molecule has 1 fully saturated rings. The number of allylic oxidation sites excluding steroid dienone is 1. The Kier molecular flexibility index (Phi) is 5.19. The van der Waals surface area contributed by atoms with Crippen LogP contribution in [0.15, 0.2) is 39.0 Å². The standard InChI is InChI=1S/C21H21Cl2N7S/c22-12-3-1-2-11(16(12)23)15-13(9-24)29-20(30-19(15)26)31-10-28-17-14(31)8-21(18(17)25)4-6-27-7-5-21/h1-3,10,18,27,31H,4-8,25H2,(H2,26,29,30)/t18-/m1/s1. The zero-order chi connectivity index (χ0) is 21.8. The Morgan fingerprint density at radius 2 is 2.00 bits per heavy atom. The molecule has 1 spiro atoms. The first kappa shape index (κ1) is 20.7. The van der Waals surface area contributed by atoms with Crippen molar-refractivity contribution in [3.8, 4) is 17.2 Å². The third kappa shape index (κ3) is 3.23. The van der Waals surface area contributed by atoms with E-state index in [9.17, 15) is 5.26 Å². The van der Waals surface area contributed by atoms with E-state index in [1.807, 2.05) is 5.55 Å². The van der Waals surface area contributed by atoms with Gasteiger partial charge < -0.3 is 16.8 Å². The molecule has 1 aromatic carbocycles. The highest BCUT2D eigenvalue weighted by molar-refractivity contribution is 8.31. The van der Waals surface area contributed by atoms with Gasteiger partial charge in [0.15, 0.2) is 10.9 Å². The highest BCUT2D eigenvalue weighted by Gasteiger charge is 2.49. The summed E-state index contributed by atoms with van der Waals surface area (Å²) >= 11 is 12.5. The molecule has 160 valence electrons. The minimum atomic E-state index is -1.02. The van der Waals surface area contributed by atoms with Crippen LogP contribution in [0.3, 0.4) is 0 Å². The smallest absolute Gasteiger partial charge is 0.179 e. The number of nitrogens with one attached hydrogen (secondary N) is 1. The Morgan fingerprint density at radius 1 is 1.23 bits per heavy atom. The Bertz CT molecular complexity index is 1180. The number of halogens is 2. The molecule has 2 aliphatic heterocycles. The van der Waals surface area contributed by atoms with E-state index in [1.54, 1.807) is 18.2 Å². The molecule has 0 radical (unpaired) electrons. The van der Waals surface area contributed by atoms with Crippen LogP contribution in [-0.4, -0.2) is 34.6 Å². The van der Waals surface area contributed by atoms with Gasteiger partial charge in [-0.15, -0.1) is 10.9 Å². The molecule has 0 amide bonds. The lowest BCUT2D eigenvalue weighted by molar-refractivity contribution is 0.189. The number of rotatable bonds is 2. The number of anilines is 1. The van der Waals surface area contributed by atoms with Crippen molar-refractivity contribution >= 4 is 45.5 Å². The predicted octanol–water partition coefficient (Wildman–Crippen LogP) is 3.62. The quantitative estimate of drug-likeness (QED) is 0.389. The lowest BCUT2D eigenvalue weighted by Crippen LogP contribution is -2.46. The second kappa shape index (κ2) is 7.76. The van der Waals surface area contributed by atoms with E-state index >= 15 is 0 Å². The van der Waals surface area contributed by atoms with Crippen LogP contribution in [0.1, 0.15) is 25.0 Å². The Balaban J connectivity index is 1.55. The summed E-state index contributed by atoms with van der Waals surface area (Å²) in [6.45, 7) is 1.93. The van der Waals surface area contributed by atoms with Crippen molar-refractivity contribution in [2.24, 2.45) is 16.1 Å². The Morgan fingerprint density at radius 3 is 2.74 bits per heavy atom. The molecule has 1 saturated heterocycles. The summed E-state index contributed by atoms with van der Waals surface area (Å²) in [5.74, 6) is 0.203. The second-order valence-corrected chi connectivity index (χ2v) is 10.8. The van der Waals surface area contributed by atoms with E-state index in [0.29, 0.717) is 26.3 Å². The Labute approximate surface area is 192 Å². The number of aliphatic imine (C=N–C) groups is 1. The molecule has 5 rings (SSSR count). The molecule has 1 unspecified atom stereocenters. The number of piperidine rings is 1. The summed E-state index contributed by atoms with van der Waals surface area (Å²) in [7, 11) is -1.02. The molecule has 0 bridgehead atoms. The number of hydrogen-bond acceptors (Lipinski definition) is 7. The van der Waals surface area contributed by atoms with Crippen LogP contribution in [0.5, 0.6) is 0 Å². The summed E-state index contributed by atoms with van der Waals surface area (Å²) in [6.07, 6.45) is 2.95. The molecular formula is C21H21Cl2N7S. The van der Waals surface area contributed by atoms with Crippen molar-refractivity contribution < 1.29 is 0 Å². The summed E-state index contributed by atoms with van der Waals surface area (Å²) in [4.78, 5) is 15.1. The maximum absolute atomic E-state index is 9.82. The molecule has 2 atom stereocenters. The number of benzene rings is 1. The molecule has 10 heteroatoms. The number of hydrogen-bond donors (Lipinski definition) is 4. The van der Waals surface area contributed by atoms with Crippen molar-refractivity contribution in [1.82, 2.24) is 15.3 Å². The zero-order valence-electron chi connectivity index (χ0n) is 16.6. The monoisotopic (exact) mass is 473 g/mol.